The summed E-state index contributed by atoms with van der Waals surface area (Å²) in [6.07, 6.45) is 1.27. The first-order chi connectivity index (χ1) is 6.54. The Balaban J connectivity index is 3.08. The molecule has 74 valence electrons. The minimum absolute atomic E-state index is 0.171. The van der Waals surface area contributed by atoms with Crippen LogP contribution in [0.4, 0.5) is 5.69 Å². The van der Waals surface area contributed by atoms with Crippen molar-refractivity contribution < 1.29 is 4.79 Å². The molecule has 0 unspecified atom stereocenters. The molecule has 0 saturated heterocycles. The Kier molecular flexibility index (Phi) is 3.69. The summed E-state index contributed by atoms with van der Waals surface area (Å²) in [7, 11) is 0. The zero-order chi connectivity index (χ0) is 10.7. The third-order valence-electron chi connectivity index (χ3n) is 1.87. The van der Waals surface area contributed by atoms with E-state index in [2.05, 4.69) is 34.5 Å². The second-order valence-electron chi connectivity index (χ2n) is 3.13. The van der Waals surface area contributed by atoms with Crippen molar-refractivity contribution in [2.75, 3.05) is 5.32 Å². The van der Waals surface area contributed by atoms with Crippen LogP contribution in [0.1, 0.15) is 11.1 Å². The molecule has 0 spiro atoms. The molecular formula is C11H12INO. The zero-order valence-corrected chi connectivity index (χ0v) is 10.4. The molecule has 0 aromatic heterocycles. The van der Waals surface area contributed by atoms with Crippen molar-refractivity contribution in [3.63, 3.8) is 0 Å². The van der Waals surface area contributed by atoms with Crippen LogP contribution in [0.3, 0.4) is 0 Å². The number of halogens is 1. The van der Waals surface area contributed by atoms with E-state index in [0.29, 0.717) is 0 Å². The maximum absolute atomic E-state index is 11.1. The van der Waals surface area contributed by atoms with Crippen molar-refractivity contribution >= 4 is 34.2 Å². The van der Waals surface area contributed by atoms with E-state index in [1.165, 1.54) is 11.6 Å². The first-order valence-corrected chi connectivity index (χ1v) is 5.32. The first kappa shape index (κ1) is 11.2. The fraction of sp³-hybridized carbons (Fsp3) is 0.182. The maximum Gasteiger partial charge on any atom is 0.247 e. The van der Waals surface area contributed by atoms with Crippen LogP contribution in [0, 0.1) is 17.4 Å². The van der Waals surface area contributed by atoms with Crippen LogP contribution < -0.4 is 5.32 Å². The van der Waals surface area contributed by atoms with Crippen LogP contribution in [-0.2, 0) is 4.79 Å². The van der Waals surface area contributed by atoms with Gasteiger partial charge in [-0.25, -0.2) is 0 Å². The van der Waals surface area contributed by atoms with Gasteiger partial charge in [-0.3, -0.25) is 4.79 Å². The number of benzene rings is 1. The average molecular weight is 301 g/mol. The van der Waals surface area contributed by atoms with Gasteiger partial charge in [-0.05, 0) is 59.7 Å². The largest absolute Gasteiger partial charge is 0.321 e. The quantitative estimate of drug-likeness (QED) is 0.660. The van der Waals surface area contributed by atoms with E-state index in [0.717, 1.165) is 14.8 Å². The van der Waals surface area contributed by atoms with Gasteiger partial charge >= 0.3 is 0 Å². The molecule has 0 radical (unpaired) electrons. The highest BCUT2D eigenvalue weighted by Crippen LogP contribution is 2.24. The third-order valence-corrected chi connectivity index (χ3v) is 2.72. The van der Waals surface area contributed by atoms with E-state index in [4.69, 9.17) is 0 Å². The summed E-state index contributed by atoms with van der Waals surface area (Å²) in [4.78, 5) is 11.1. The second-order valence-corrected chi connectivity index (χ2v) is 4.29. The molecule has 1 rings (SSSR count). The van der Waals surface area contributed by atoms with Crippen LogP contribution in [0.25, 0.3) is 0 Å². The van der Waals surface area contributed by atoms with Crippen molar-refractivity contribution in [1.82, 2.24) is 0 Å². The number of rotatable bonds is 2. The van der Waals surface area contributed by atoms with Gasteiger partial charge < -0.3 is 5.32 Å². The van der Waals surface area contributed by atoms with Gasteiger partial charge in [0.1, 0.15) is 0 Å². The summed E-state index contributed by atoms with van der Waals surface area (Å²) in [6, 6.07) is 4.08. The molecule has 3 heteroatoms. The number of amides is 1. The number of anilines is 1. The number of hydrogen-bond donors (Lipinski definition) is 1. The predicted molar refractivity (Wildman–Crippen MR) is 67.5 cm³/mol. The number of carbonyl (C=O) groups is 1. The number of aryl methyl sites for hydroxylation is 2. The van der Waals surface area contributed by atoms with E-state index in [1.54, 1.807) is 0 Å². The van der Waals surface area contributed by atoms with Crippen LogP contribution in [-0.4, -0.2) is 5.91 Å². The SMILES string of the molecule is C=CC(=O)Nc1c(C)cc(C)cc1I. The molecule has 1 amide bonds. The van der Waals surface area contributed by atoms with Gasteiger partial charge in [0, 0.05) is 3.57 Å². The normalized spacial score (nSPS) is 9.64. The van der Waals surface area contributed by atoms with Crippen molar-refractivity contribution in [3.8, 4) is 0 Å². The molecule has 1 aromatic rings. The van der Waals surface area contributed by atoms with Crippen LogP contribution in [0.5, 0.6) is 0 Å². The topological polar surface area (TPSA) is 29.1 Å². The van der Waals surface area contributed by atoms with Crippen molar-refractivity contribution in [2.24, 2.45) is 0 Å². The fourth-order valence-corrected chi connectivity index (χ4v) is 2.30. The van der Waals surface area contributed by atoms with E-state index >= 15 is 0 Å². The minimum Gasteiger partial charge on any atom is -0.321 e. The summed E-state index contributed by atoms with van der Waals surface area (Å²) in [5.41, 5.74) is 3.15. The van der Waals surface area contributed by atoms with Gasteiger partial charge in [-0.15, -0.1) is 0 Å². The fourth-order valence-electron chi connectivity index (χ4n) is 1.25. The summed E-state index contributed by atoms with van der Waals surface area (Å²) in [5.74, 6) is -0.171. The van der Waals surface area contributed by atoms with Gasteiger partial charge in [0.25, 0.3) is 0 Å². The lowest BCUT2D eigenvalue weighted by molar-refractivity contribution is -0.111. The lowest BCUT2D eigenvalue weighted by atomic mass is 10.1. The molecule has 0 aliphatic carbocycles. The minimum atomic E-state index is -0.171. The van der Waals surface area contributed by atoms with Crippen molar-refractivity contribution in [3.05, 3.63) is 39.5 Å². The Morgan fingerprint density at radius 1 is 1.50 bits per heavy atom. The molecule has 0 saturated carbocycles. The van der Waals surface area contributed by atoms with Gasteiger partial charge in [-0.2, -0.15) is 0 Å². The highest BCUT2D eigenvalue weighted by atomic mass is 127. The van der Waals surface area contributed by atoms with Crippen LogP contribution >= 0.6 is 22.6 Å². The standard InChI is InChI=1S/C11H12INO/c1-4-10(14)13-11-8(3)5-7(2)6-9(11)12/h4-6H,1H2,2-3H3,(H,13,14). The van der Waals surface area contributed by atoms with Gasteiger partial charge in [0.05, 0.1) is 5.69 Å². The molecule has 0 aliphatic rings. The third kappa shape index (κ3) is 2.57. The summed E-state index contributed by atoms with van der Waals surface area (Å²) in [5, 5.41) is 2.79. The maximum atomic E-state index is 11.1. The molecule has 0 bridgehead atoms. The molecule has 1 N–H and O–H groups in total. The van der Waals surface area contributed by atoms with Crippen molar-refractivity contribution in [1.29, 1.82) is 0 Å². The van der Waals surface area contributed by atoms with E-state index < -0.39 is 0 Å². The molecule has 0 heterocycles. The molecular weight excluding hydrogens is 289 g/mol. The van der Waals surface area contributed by atoms with Crippen LogP contribution in [0.15, 0.2) is 24.8 Å². The Hall–Kier alpha value is -0.840. The van der Waals surface area contributed by atoms with Crippen molar-refractivity contribution in [2.45, 2.75) is 13.8 Å². The average Bonchev–Trinajstić information content (AvgIpc) is 2.10. The number of hydrogen-bond acceptors (Lipinski definition) is 1. The Morgan fingerprint density at radius 2 is 2.14 bits per heavy atom. The smallest absolute Gasteiger partial charge is 0.247 e. The summed E-state index contributed by atoms with van der Waals surface area (Å²) in [6.45, 7) is 7.44. The zero-order valence-electron chi connectivity index (χ0n) is 8.23. The van der Waals surface area contributed by atoms with Gasteiger partial charge in [-0.1, -0.05) is 12.6 Å². The monoisotopic (exact) mass is 301 g/mol. The Labute approximate surface area is 97.5 Å². The first-order valence-electron chi connectivity index (χ1n) is 4.24. The van der Waals surface area contributed by atoms with E-state index in [-0.39, 0.29) is 5.91 Å². The predicted octanol–water partition coefficient (Wildman–Crippen LogP) is 3.03. The number of nitrogens with one attached hydrogen (secondary N) is 1. The molecule has 0 aliphatic heterocycles. The molecule has 2 nitrogen and oxygen atoms in total. The second kappa shape index (κ2) is 4.59. The molecule has 14 heavy (non-hydrogen) atoms. The van der Waals surface area contributed by atoms with E-state index in [1.807, 2.05) is 26.0 Å². The Bertz CT molecular complexity index is 362. The lowest BCUT2D eigenvalue weighted by Gasteiger charge is -2.10. The summed E-state index contributed by atoms with van der Waals surface area (Å²) < 4.78 is 1.05. The Morgan fingerprint density at radius 3 is 2.64 bits per heavy atom. The highest BCUT2D eigenvalue weighted by Gasteiger charge is 2.06. The van der Waals surface area contributed by atoms with Gasteiger partial charge in [0.15, 0.2) is 0 Å². The van der Waals surface area contributed by atoms with Crippen LogP contribution in [0.2, 0.25) is 0 Å². The van der Waals surface area contributed by atoms with E-state index in [9.17, 15) is 4.79 Å². The van der Waals surface area contributed by atoms with Gasteiger partial charge in [0.2, 0.25) is 5.91 Å². The lowest BCUT2D eigenvalue weighted by Crippen LogP contribution is -2.10. The molecule has 0 fully saturated rings. The highest BCUT2D eigenvalue weighted by molar-refractivity contribution is 14.1. The molecule has 0 atom stereocenters. The summed E-state index contributed by atoms with van der Waals surface area (Å²) >= 11 is 2.21. The number of carbonyl (C=O) groups excluding carboxylic acids is 1. The molecule has 1 aromatic carbocycles.